The van der Waals surface area contributed by atoms with Gasteiger partial charge in [0.25, 0.3) is 0 Å². The second-order valence-electron chi connectivity index (χ2n) is 6.65. The minimum Gasteiger partial charge on any atom is -0.329 e. The zero-order valence-corrected chi connectivity index (χ0v) is 15.1. The molecule has 0 aromatic heterocycles. The molecule has 0 radical (unpaired) electrons. The molecule has 1 fully saturated rings. The van der Waals surface area contributed by atoms with E-state index in [1.807, 2.05) is 12.1 Å². The first kappa shape index (κ1) is 18.7. The van der Waals surface area contributed by atoms with Crippen LogP contribution in [0.25, 0.3) is 0 Å². The van der Waals surface area contributed by atoms with Crippen molar-refractivity contribution in [3.8, 4) is 0 Å². The zero-order valence-electron chi connectivity index (χ0n) is 13.5. The average Bonchev–Trinajstić information content (AvgIpc) is 3.01. The van der Waals surface area contributed by atoms with Gasteiger partial charge in [0.1, 0.15) is 0 Å². The Bertz CT molecular complexity index is 627. The molecular formula is C17H27ClN2O2S. The molecule has 0 heterocycles. The van der Waals surface area contributed by atoms with Crippen LogP contribution in [0.4, 0.5) is 0 Å². The van der Waals surface area contributed by atoms with E-state index < -0.39 is 10.0 Å². The molecule has 0 spiro atoms. The fourth-order valence-corrected chi connectivity index (χ4v) is 5.22. The standard InChI is InChI=1S/C17H26N2O2S.ClH/c18-12-17(14-5-2-1-3-6-14)19-22(20,21)16-10-9-13-7-4-8-15(13)11-16;/h9-11,14,17,19H,1-8,12,18H2;1H. The maximum absolute atomic E-state index is 12.7. The number of nitrogens with two attached hydrogens (primary N) is 1. The molecule has 0 saturated heterocycles. The third-order valence-corrected chi connectivity index (χ3v) is 6.65. The molecule has 0 bridgehead atoms. The summed E-state index contributed by atoms with van der Waals surface area (Å²) in [6.07, 6.45) is 8.95. The van der Waals surface area contributed by atoms with Crippen LogP contribution < -0.4 is 10.5 Å². The van der Waals surface area contributed by atoms with Gasteiger partial charge in [0, 0.05) is 12.6 Å². The molecule has 1 saturated carbocycles. The summed E-state index contributed by atoms with van der Waals surface area (Å²) in [6.45, 7) is 0.370. The smallest absolute Gasteiger partial charge is 0.240 e. The normalized spacial score (nSPS) is 19.9. The predicted molar refractivity (Wildman–Crippen MR) is 95.5 cm³/mol. The van der Waals surface area contributed by atoms with E-state index in [-0.39, 0.29) is 18.4 Å². The Balaban J connectivity index is 0.00000192. The Morgan fingerprint density at radius 2 is 1.78 bits per heavy atom. The highest BCUT2D eigenvalue weighted by Crippen LogP contribution is 2.28. The first-order chi connectivity index (χ1) is 10.6. The lowest BCUT2D eigenvalue weighted by Crippen LogP contribution is -2.45. The number of rotatable bonds is 5. The third-order valence-electron chi connectivity index (χ3n) is 5.16. The van der Waals surface area contributed by atoms with Crippen LogP contribution in [0.15, 0.2) is 23.1 Å². The molecule has 0 amide bonds. The number of aryl methyl sites for hydroxylation is 2. The van der Waals surface area contributed by atoms with Gasteiger partial charge in [0.15, 0.2) is 0 Å². The summed E-state index contributed by atoms with van der Waals surface area (Å²) in [5.74, 6) is 0.378. The van der Waals surface area contributed by atoms with Crippen LogP contribution >= 0.6 is 12.4 Å². The van der Waals surface area contributed by atoms with E-state index in [9.17, 15) is 8.42 Å². The van der Waals surface area contributed by atoms with Crippen molar-refractivity contribution >= 4 is 22.4 Å². The third kappa shape index (κ3) is 4.27. The Kier molecular flexibility index (Phi) is 6.48. The van der Waals surface area contributed by atoms with Gasteiger partial charge in [-0.15, -0.1) is 12.4 Å². The summed E-state index contributed by atoms with van der Waals surface area (Å²) < 4.78 is 28.2. The predicted octanol–water partition coefficient (Wildman–Crippen LogP) is 2.78. The van der Waals surface area contributed by atoms with Crippen molar-refractivity contribution in [2.75, 3.05) is 6.54 Å². The number of fused-ring (bicyclic) bond motifs is 1. The summed E-state index contributed by atoms with van der Waals surface area (Å²) >= 11 is 0. The van der Waals surface area contributed by atoms with Crippen molar-refractivity contribution in [3.63, 3.8) is 0 Å². The quantitative estimate of drug-likeness (QED) is 0.850. The second-order valence-corrected chi connectivity index (χ2v) is 8.36. The molecule has 1 atom stereocenters. The SMILES string of the molecule is Cl.NCC(NS(=O)(=O)c1ccc2c(c1)CCC2)C1CCCCC1. The lowest BCUT2D eigenvalue weighted by Gasteiger charge is -2.29. The molecule has 1 aromatic rings. The van der Waals surface area contributed by atoms with Gasteiger partial charge >= 0.3 is 0 Å². The average molecular weight is 359 g/mol. The monoisotopic (exact) mass is 358 g/mol. The highest BCUT2D eigenvalue weighted by atomic mass is 35.5. The zero-order chi connectivity index (χ0) is 15.6. The Labute approximate surface area is 145 Å². The topological polar surface area (TPSA) is 72.2 Å². The van der Waals surface area contributed by atoms with E-state index in [0.717, 1.165) is 32.1 Å². The molecule has 130 valence electrons. The maximum atomic E-state index is 12.7. The van der Waals surface area contributed by atoms with Gasteiger partial charge in [0.05, 0.1) is 4.90 Å². The van der Waals surface area contributed by atoms with Crippen LogP contribution in [0.3, 0.4) is 0 Å². The van der Waals surface area contributed by atoms with Crippen LogP contribution in [0.1, 0.15) is 49.7 Å². The van der Waals surface area contributed by atoms with Crippen LogP contribution in [0.2, 0.25) is 0 Å². The Morgan fingerprint density at radius 3 is 2.48 bits per heavy atom. The molecule has 4 nitrogen and oxygen atoms in total. The fourth-order valence-electron chi connectivity index (χ4n) is 3.86. The van der Waals surface area contributed by atoms with Gasteiger partial charge in [-0.05, 0) is 61.3 Å². The first-order valence-electron chi connectivity index (χ1n) is 8.44. The number of nitrogens with one attached hydrogen (secondary N) is 1. The van der Waals surface area contributed by atoms with E-state index in [1.54, 1.807) is 6.07 Å². The van der Waals surface area contributed by atoms with Crippen molar-refractivity contribution in [2.45, 2.75) is 62.3 Å². The van der Waals surface area contributed by atoms with Gasteiger partial charge in [-0.2, -0.15) is 0 Å². The van der Waals surface area contributed by atoms with Gasteiger partial charge in [-0.25, -0.2) is 13.1 Å². The van der Waals surface area contributed by atoms with Crippen molar-refractivity contribution < 1.29 is 8.42 Å². The molecule has 1 aromatic carbocycles. The summed E-state index contributed by atoms with van der Waals surface area (Å²) in [5, 5.41) is 0. The van der Waals surface area contributed by atoms with Gasteiger partial charge in [-0.1, -0.05) is 25.3 Å². The number of hydrogen-bond acceptors (Lipinski definition) is 3. The molecule has 2 aliphatic carbocycles. The molecule has 0 aliphatic heterocycles. The van der Waals surface area contributed by atoms with Gasteiger partial charge in [0.2, 0.25) is 10.0 Å². The largest absolute Gasteiger partial charge is 0.329 e. The fraction of sp³-hybridized carbons (Fsp3) is 0.647. The van der Waals surface area contributed by atoms with Crippen molar-refractivity contribution in [1.82, 2.24) is 4.72 Å². The van der Waals surface area contributed by atoms with Crippen LogP contribution in [0, 0.1) is 5.92 Å². The van der Waals surface area contributed by atoms with Gasteiger partial charge < -0.3 is 5.73 Å². The Hall–Kier alpha value is -0.620. The van der Waals surface area contributed by atoms with E-state index in [4.69, 9.17) is 5.73 Å². The van der Waals surface area contributed by atoms with Crippen molar-refractivity contribution in [2.24, 2.45) is 11.7 Å². The molecule has 3 rings (SSSR count). The minimum atomic E-state index is -3.47. The summed E-state index contributed by atoms with van der Waals surface area (Å²) in [7, 11) is -3.47. The molecular weight excluding hydrogens is 332 g/mol. The second kappa shape index (κ2) is 7.97. The van der Waals surface area contributed by atoms with Crippen LogP contribution in [-0.4, -0.2) is 21.0 Å². The highest BCUT2D eigenvalue weighted by molar-refractivity contribution is 7.89. The van der Waals surface area contributed by atoms with Crippen molar-refractivity contribution in [1.29, 1.82) is 0 Å². The summed E-state index contributed by atoms with van der Waals surface area (Å²) in [6, 6.07) is 5.41. The lowest BCUT2D eigenvalue weighted by atomic mass is 9.84. The number of hydrogen-bond donors (Lipinski definition) is 2. The highest BCUT2D eigenvalue weighted by Gasteiger charge is 2.28. The number of halogens is 1. The molecule has 3 N–H and O–H groups in total. The van der Waals surface area contributed by atoms with Crippen LogP contribution in [0.5, 0.6) is 0 Å². The van der Waals surface area contributed by atoms with E-state index >= 15 is 0 Å². The summed E-state index contributed by atoms with van der Waals surface area (Å²) in [5.41, 5.74) is 8.33. The van der Waals surface area contributed by atoms with E-state index in [1.165, 1.54) is 30.4 Å². The lowest BCUT2D eigenvalue weighted by molar-refractivity contribution is 0.294. The molecule has 1 unspecified atom stereocenters. The molecule has 2 aliphatic rings. The number of sulfonamides is 1. The maximum Gasteiger partial charge on any atom is 0.240 e. The first-order valence-corrected chi connectivity index (χ1v) is 9.92. The number of benzene rings is 1. The van der Waals surface area contributed by atoms with Crippen LogP contribution in [-0.2, 0) is 22.9 Å². The molecule has 23 heavy (non-hydrogen) atoms. The molecule has 6 heteroatoms. The van der Waals surface area contributed by atoms with Crippen molar-refractivity contribution in [3.05, 3.63) is 29.3 Å². The van der Waals surface area contributed by atoms with Gasteiger partial charge in [-0.3, -0.25) is 0 Å². The summed E-state index contributed by atoms with van der Waals surface area (Å²) in [4.78, 5) is 0.391. The van der Waals surface area contributed by atoms with E-state index in [0.29, 0.717) is 17.4 Å². The minimum absolute atomic E-state index is 0. The van der Waals surface area contributed by atoms with E-state index in [2.05, 4.69) is 4.72 Å². The Morgan fingerprint density at radius 1 is 1.09 bits per heavy atom.